The SMILES string of the molecule is C=CCN1CC[C@@]2(C)c3cc(N)ccc3C[C@@H]1C2C. The molecule has 19 heavy (non-hydrogen) atoms. The number of piperidine rings is 1. The Bertz CT molecular complexity index is 508. The van der Waals surface area contributed by atoms with Crippen molar-refractivity contribution < 1.29 is 0 Å². The van der Waals surface area contributed by atoms with Crippen molar-refractivity contribution in [1.29, 1.82) is 0 Å². The molecule has 3 rings (SSSR count). The zero-order valence-electron chi connectivity index (χ0n) is 12.0. The van der Waals surface area contributed by atoms with Crippen LogP contribution in [-0.2, 0) is 11.8 Å². The summed E-state index contributed by atoms with van der Waals surface area (Å²) < 4.78 is 0. The van der Waals surface area contributed by atoms with Crippen molar-refractivity contribution in [3.63, 3.8) is 0 Å². The summed E-state index contributed by atoms with van der Waals surface area (Å²) in [6.45, 7) is 10.9. The van der Waals surface area contributed by atoms with E-state index in [4.69, 9.17) is 5.73 Å². The monoisotopic (exact) mass is 256 g/mol. The number of fused-ring (bicyclic) bond motifs is 4. The molecule has 3 atom stereocenters. The molecule has 1 unspecified atom stereocenters. The summed E-state index contributed by atoms with van der Waals surface area (Å²) >= 11 is 0. The van der Waals surface area contributed by atoms with Crippen LogP contribution in [0.15, 0.2) is 30.9 Å². The molecule has 1 aliphatic carbocycles. The normalized spacial score (nSPS) is 33.8. The van der Waals surface area contributed by atoms with E-state index in [0.29, 0.717) is 12.0 Å². The van der Waals surface area contributed by atoms with Crippen LogP contribution >= 0.6 is 0 Å². The van der Waals surface area contributed by atoms with E-state index >= 15 is 0 Å². The predicted molar refractivity (Wildman–Crippen MR) is 81.2 cm³/mol. The standard InChI is InChI=1S/C17H24N2/c1-4-8-19-9-7-17(3)12(2)16(19)10-13-5-6-14(18)11-15(13)17/h4-6,11-12,16H,1,7-10,18H2,2-3H3/t12?,16-,17-/m1/s1. The molecule has 0 spiro atoms. The van der Waals surface area contributed by atoms with Gasteiger partial charge in [0.1, 0.15) is 0 Å². The van der Waals surface area contributed by atoms with Gasteiger partial charge >= 0.3 is 0 Å². The van der Waals surface area contributed by atoms with Gasteiger partial charge in [-0.1, -0.05) is 26.0 Å². The molecule has 1 aromatic carbocycles. The van der Waals surface area contributed by atoms with Crippen molar-refractivity contribution in [2.75, 3.05) is 18.8 Å². The number of nitrogens with two attached hydrogens (primary N) is 1. The fraction of sp³-hybridized carbons (Fsp3) is 0.529. The van der Waals surface area contributed by atoms with Crippen molar-refractivity contribution in [2.45, 2.75) is 38.1 Å². The maximum Gasteiger partial charge on any atom is 0.0317 e. The van der Waals surface area contributed by atoms with Crippen LogP contribution in [0.2, 0.25) is 0 Å². The smallest absolute Gasteiger partial charge is 0.0317 e. The molecule has 2 nitrogen and oxygen atoms in total. The highest BCUT2D eigenvalue weighted by Crippen LogP contribution is 2.48. The van der Waals surface area contributed by atoms with Crippen molar-refractivity contribution in [3.8, 4) is 0 Å². The van der Waals surface area contributed by atoms with Crippen molar-refractivity contribution in [1.82, 2.24) is 4.90 Å². The number of hydrogen-bond donors (Lipinski definition) is 1. The van der Waals surface area contributed by atoms with Gasteiger partial charge in [0.25, 0.3) is 0 Å². The van der Waals surface area contributed by atoms with E-state index in [1.165, 1.54) is 24.1 Å². The van der Waals surface area contributed by atoms with Crippen LogP contribution in [-0.4, -0.2) is 24.0 Å². The fourth-order valence-electron chi connectivity index (χ4n) is 4.12. The summed E-state index contributed by atoms with van der Waals surface area (Å²) in [7, 11) is 0. The average molecular weight is 256 g/mol. The third-order valence-corrected chi connectivity index (χ3v) is 5.51. The molecule has 0 saturated carbocycles. The van der Waals surface area contributed by atoms with Crippen LogP contribution in [0, 0.1) is 5.92 Å². The Morgan fingerprint density at radius 2 is 2.32 bits per heavy atom. The Labute approximate surface area is 116 Å². The summed E-state index contributed by atoms with van der Waals surface area (Å²) in [5, 5.41) is 0. The Morgan fingerprint density at radius 3 is 3.05 bits per heavy atom. The minimum atomic E-state index is 0.283. The molecule has 1 heterocycles. The fourth-order valence-corrected chi connectivity index (χ4v) is 4.12. The first kappa shape index (κ1) is 12.7. The maximum absolute atomic E-state index is 6.01. The van der Waals surface area contributed by atoms with E-state index in [2.05, 4.69) is 37.5 Å². The lowest BCUT2D eigenvalue weighted by Gasteiger charge is -2.54. The van der Waals surface area contributed by atoms with E-state index in [1.54, 1.807) is 0 Å². The molecule has 1 aliphatic heterocycles. The largest absolute Gasteiger partial charge is 0.399 e. The summed E-state index contributed by atoms with van der Waals surface area (Å²) in [6.07, 6.45) is 4.41. The van der Waals surface area contributed by atoms with E-state index in [9.17, 15) is 0 Å². The first-order valence-corrected chi connectivity index (χ1v) is 7.30. The molecular formula is C17H24N2. The second kappa shape index (κ2) is 4.38. The number of benzene rings is 1. The van der Waals surface area contributed by atoms with E-state index in [1.807, 2.05) is 12.1 Å². The minimum absolute atomic E-state index is 0.283. The molecule has 0 radical (unpaired) electrons. The van der Waals surface area contributed by atoms with Gasteiger partial charge in [0.2, 0.25) is 0 Å². The highest BCUT2D eigenvalue weighted by atomic mass is 15.2. The molecule has 0 amide bonds. The molecule has 0 aromatic heterocycles. The Morgan fingerprint density at radius 1 is 1.53 bits per heavy atom. The number of nitrogens with zero attached hydrogens (tertiary/aromatic N) is 1. The molecule has 1 saturated heterocycles. The highest BCUT2D eigenvalue weighted by molar-refractivity contribution is 5.50. The van der Waals surface area contributed by atoms with Crippen molar-refractivity contribution in [2.24, 2.45) is 5.92 Å². The lowest BCUT2D eigenvalue weighted by Crippen LogP contribution is -2.57. The number of hydrogen-bond acceptors (Lipinski definition) is 2. The third-order valence-electron chi connectivity index (χ3n) is 5.51. The highest BCUT2D eigenvalue weighted by Gasteiger charge is 2.47. The summed E-state index contributed by atoms with van der Waals surface area (Å²) in [4.78, 5) is 2.60. The first-order chi connectivity index (χ1) is 9.06. The molecule has 2 aliphatic rings. The topological polar surface area (TPSA) is 29.3 Å². The van der Waals surface area contributed by atoms with Crippen LogP contribution in [0.4, 0.5) is 5.69 Å². The van der Waals surface area contributed by atoms with Crippen molar-refractivity contribution >= 4 is 5.69 Å². The zero-order chi connectivity index (χ0) is 13.6. The van der Waals surface area contributed by atoms with Crippen LogP contribution < -0.4 is 5.73 Å². The number of nitrogen functional groups attached to an aromatic ring is 1. The van der Waals surface area contributed by atoms with Gasteiger partial charge in [-0.25, -0.2) is 0 Å². The number of rotatable bonds is 2. The predicted octanol–water partition coefficient (Wildman–Crippen LogP) is 2.98. The van der Waals surface area contributed by atoms with Gasteiger partial charge < -0.3 is 5.73 Å². The van der Waals surface area contributed by atoms with Crippen molar-refractivity contribution in [3.05, 3.63) is 42.0 Å². The Kier molecular flexibility index (Phi) is 2.94. The molecule has 102 valence electrons. The summed E-state index contributed by atoms with van der Waals surface area (Å²) in [5.74, 6) is 0.676. The van der Waals surface area contributed by atoms with Gasteiger partial charge in [0.15, 0.2) is 0 Å². The zero-order valence-corrected chi connectivity index (χ0v) is 12.0. The second-order valence-electron chi connectivity index (χ2n) is 6.43. The molecular weight excluding hydrogens is 232 g/mol. The number of anilines is 1. The first-order valence-electron chi connectivity index (χ1n) is 7.30. The van der Waals surface area contributed by atoms with Gasteiger partial charge in [0.05, 0.1) is 0 Å². The molecule has 2 N–H and O–H groups in total. The second-order valence-corrected chi connectivity index (χ2v) is 6.43. The van der Waals surface area contributed by atoms with Gasteiger partial charge in [-0.05, 0) is 54.0 Å². The third kappa shape index (κ3) is 1.81. The Balaban J connectivity index is 2.06. The lowest BCUT2D eigenvalue weighted by molar-refractivity contribution is 0.0400. The van der Waals surface area contributed by atoms with Crippen LogP contribution in [0.3, 0.4) is 0 Å². The minimum Gasteiger partial charge on any atom is -0.399 e. The molecule has 2 heteroatoms. The van der Waals surface area contributed by atoms with Gasteiger partial charge in [0, 0.05) is 18.3 Å². The van der Waals surface area contributed by atoms with E-state index < -0.39 is 0 Å². The molecule has 1 fully saturated rings. The average Bonchev–Trinajstić information content (AvgIpc) is 2.38. The van der Waals surface area contributed by atoms with E-state index in [-0.39, 0.29) is 5.41 Å². The van der Waals surface area contributed by atoms with E-state index in [0.717, 1.165) is 18.7 Å². The van der Waals surface area contributed by atoms with Gasteiger partial charge in [-0.2, -0.15) is 0 Å². The Hall–Kier alpha value is -1.28. The maximum atomic E-state index is 6.01. The summed E-state index contributed by atoms with van der Waals surface area (Å²) in [6, 6.07) is 7.14. The van der Waals surface area contributed by atoms with Crippen LogP contribution in [0.1, 0.15) is 31.4 Å². The number of likely N-dealkylation sites (tertiary alicyclic amines) is 1. The quantitative estimate of drug-likeness (QED) is 0.651. The molecule has 1 aromatic rings. The molecule has 2 bridgehead atoms. The van der Waals surface area contributed by atoms with Gasteiger partial charge in [-0.15, -0.1) is 6.58 Å². The van der Waals surface area contributed by atoms with Gasteiger partial charge in [-0.3, -0.25) is 4.90 Å². The van der Waals surface area contributed by atoms with Crippen LogP contribution in [0.25, 0.3) is 0 Å². The summed E-state index contributed by atoms with van der Waals surface area (Å²) in [5.41, 5.74) is 10.2. The van der Waals surface area contributed by atoms with Crippen LogP contribution in [0.5, 0.6) is 0 Å². The lowest BCUT2D eigenvalue weighted by atomic mass is 9.59.